The van der Waals surface area contributed by atoms with Gasteiger partial charge in [-0.1, -0.05) is 12.1 Å². The van der Waals surface area contributed by atoms with E-state index in [1.54, 1.807) is 44.4 Å². The Balaban J connectivity index is 2.00. The van der Waals surface area contributed by atoms with Crippen LogP contribution in [0.2, 0.25) is 0 Å². The Morgan fingerprint density at radius 3 is 2.37 bits per heavy atom. The van der Waals surface area contributed by atoms with Crippen molar-refractivity contribution in [1.29, 1.82) is 0 Å². The third kappa shape index (κ3) is 4.37. The molecule has 0 unspecified atom stereocenters. The first kappa shape index (κ1) is 20.3. The minimum absolute atomic E-state index is 0.0218. The smallest absolute Gasteiger partial charge is 0.244 e. The first-order chi connectivity index (χ1) is 12.6. The number of benzene rings is 1. The summed E-state index contributed by atoms with van der Waals surface area (Å²) in [5, 5.41) is 0. The molecule has 1 aliphatic rings. The lowest BCUT2D eigenvalue weighted by Crippen LogP contribution is -2.40. The van der Waals surface area contributed by atoms with E-state index < -0.39 is 25.9 Å². The Morgan fingerprint density at radius 2 is 1.89 bits per heavy atom. The molecule has 6 nitrogen and oxygen atoms in total. The quantitative estimate of drug-likeness (QED) is 0.705. The predicted octanol–water partition coefficient (Wildman–Crippen LogP) is 2.75. The van der Waals surface area contributed by atoms with Crippen molar-refractivity contribution < 1.29 is 21.6 Å². The van der Waals surface area contributed by atoms with Gasteiger partial charge in [0.25, 0.3) is 0 Å². The Hall–Kier alpha value is -1.42. The van der Waals surface area contributed by atoms with Crippen molar-refractivity contribution in [2.45, 2.75) is 37.8 Å². The summed E-state index contributed by atoms with van der Waals surface area (Å²) >= 11 is 1.43. The van der Waals surface area contributed by atoms with Crippen LogP contribution in [0.25, 0.3) is 0 Å². The summed E-state index contributed by atoms with van der Waals surface area (Å²) in [6.07, 6.45) is 0.319. The topological polar surface area (TPSA) is 80.8 Å². The van der Waals surface area contributed by atoms with Crippen LogP contribution in [-0.2, 0) is 26.4 Å². The SMILES string of the molecule is COc1ccc(CN([C@@H]2CCS(=O)(=O)C2)S(=O)(=O)c2cc(C)sc2C)cc1. The van der Waals surface area contributed by atoms with Gasteiger partial charge < -0.3 is 4.74 Å². The number of thiophene rings is 1. The average Bonchev–Trinajstić information content (AvgIpc) is 3.14. The van der Waals surface area contributed by atoms with Crippen LogP contribution in [0.1, 0.15) is 21.7 Å². The molecule has 0 spiro atoms. The molecule has 1 fully saturated rings. The van der Waals surface area contributed by atoms with Crippen molar-refractivity contribution in [3.05, 3.63) is 45.6 Å². The molecule has 1 aromatic carbocycles. The zero-order valence-corrected chi connectivity index (χ0v) is 18.0. The zero-order chi connectivity index (χ0) is 19.8. The fourth-order valence-electron chi connectivity index (χ4n) is 3.31. The number of methoxy groups -OCH3 is 1. The fraction of sp³-hybridized carbons (Fsp3) is 0.444. The molecule has 1 saturated heterocycles. The second-order valence-electron chi connectivity index (χ2n) is 6.73. The van der Waals surface area contributed by atoms with Crippen molar-refractivity contribution in [3.63, 3.8) is 0 Å². The lowest BCUT2D eigenvalue weighted by molar-refractivity contribution is 0.334. The van der Waals surface area contributed by atoms with Crippen molar-refractivity contribution in [2.75, 3.05) is 18.6 Å². The third-order valence-electron chi connectivity index (χ3n) is 4.70. The van der Waals surface area contributed by atoms with Crippen LogP contribution in [0, 0.1) is 13.8 Å². The Morgan fingerprint density at radius 1 is 1.22 bits per heavy atom. The molecule has 2 aromatic rings. The van der Waals surface area contributed by atoms with E-state index in [0.717, 1.165) is 10.4 Å². The van der Waals surface area contributed by atoms with Crippen LogP contribution in [0.5, 0.6) is 5.75 Å². The summed E-state index contributed by atoms with van der Waals surface area (Å²) in [5.41, 5.74) is 0.785. The van der Waals surface area contributed by atoms with Crippen molar-refractivity contribution >= 4 is 31.2 Å². The van der Waals surface area contributed by atoms with Gasteiger partial charge >= 0.3 is 0 Å². The van der Waals surface area contributed by atoms with E-state index in [-0.39, 0.29) is 22.9 Å². The molecular weight excluding hydrogens is 406 g/mol. The van der Waals surface area contributed by atoms with E-state index in [0.29, 0.717) is 17.0 Å². The summed E-state index contributed by atoms with van der Waals surface area (Å²) in [5.74, 6) is 0.569. The van der Waals surface area contributed by atoms with E-state index in [1.165, 1.54) is 15.6 Å². The summed E-state index contributed by atoms with van der Waals surface area (Å²) < 4.78 is 57.3. The van der Waals surface area contributed by atoms with Crippen LogP contribution >= 0.6 is 11.3 Å². The van der Waals surface area contributed by atoms with Gasteiger partial charge in [0.05, 0.1) is 23.5 Å². The standard InChI is InChI=1S/C18H23NO5S3/c1-13-10-18(14(2)25-13)27(22,23)19(16-8-9-26(20,21)12-16)11-15-4-6-17(24-3)7-5-15/h4-7,10,16H,8-9,11-12H2,1-3H3/t16-/m1/s1. The molecule has 0 aliphatic carbocycles. The van der Waals surface area contributed by atoms with E-state index in [4.69, 9.17) is 4.74 Å². The maximum Gasteiger partial charge on any atom is 0.244 e. The highest BCUT2D eigenvalue weighted by Crippen LogP contribution is 2.32. The molecular formula is C18H23NO5S3. The largest absolute Gasteiger partial charge is 0.497 e. The van der Waals surface area contributed by atoms with Crippen LogP contribution in [0.3, 0.4) is 0 Å². The van der Waals surface area contributed by atoms with Crippen molar-refractivity contribution in [2.24, 2.45) is 0 Å². The highest BCUT2D eigenvalue weighted by atomic mass is 32.2. The van der Waals surface area contributed by atoms with E-state index >= 15 is 0 Å². The highest BCUT2D eigenvalue weighted by molar-refractivity contribution is 7.92. The van der Waals surface area contributed by atoms with Gasteiger partial charge in [-0.15, -0.1) is 11.3 Å². The second kappa shape index (κ2) is 7.54. The monoisotopic (exact) mass is 429 g/mol. The van der Waals surface area contributed by atoms with E-state index in [2.05, 4.69) is 0 Å². The van der Waals surface area contributed by atoms with Gasteiger partial charge in [-0.3, -0.25) is 0 Å². The second-order valence-corrected chi connectivity index (χ2v) is 12.3. The van der Waals surface area contributed by atoms with Gasteiger partial charge in [-0.05, 0) is 44.0 Å². The molecule has 1 atom stereocenters. The molecule has 27 heavy (non-hydrogen) atoms. The van der Waals surface area contributed by atoms with Gasteiger partial charge in [0.1, 0.15) is 5.75 Å². The number of nitrogens with zero attached hydrogens (tertiary/aromatic N) is 1. The van der Waals surface area contributed by atoms with Gasteiger partial charge in [0.15, 0.2) is 9.84 Å². The Bertz CT molecular complexity index is 1020. The maximum atomic E-state index is 13.4. The summed E-state index contributed by atoms with van der Waals surface area (Å²) in [6.45, 7) is 3.77. The van der Waals surface area contributed by atoms with Gasteiger partial charge in [0.2, 0.25) is 10.0 Å². The third-order valence-corrected chi connectivity index (χ3v) is 9.57. The molecule has 0 N–H and O–H groups in total. The number of rotatable bonds is 6. The highest BCUT2D eigenvalue weighted by Gasteiger charge is 2.39. The molecule has 2 heterocycles. The number of hydrogen-bond donors (Lipinski definition) is 0. The minimum atomic E-state index is -3.81. The summed E-state index contributed by atoms with van der Waals surface area (Å²) in [7, 11) is -5.46. The number of aryl methyl sites for hydroxylation is 2. The predicted molar refractivity (Wildman–Crippen MR) is 107 cm³/mol. The normalized spacial score (nSPS) is 19.5. The van der Waals surface area contributed by atoms with Gasteiger partial charge in [-0.25, -0.2) is 16.8 Å². The molecule has 1 aromatic heterocycles. The van der Waals surface area contributed by atoms with Crippen molar-refractivity contribution in [1.82, 2.24) is 4.31 Å². The van der Waals surface area contributed by atoms with Crippen molar-refractivity contribution in [3.8, 4) is 5.75 Å². The molecule has 3 rings (SSSR count). The maximum absolute atomic E-state index is 13.4. The zero-order valence-electron chi connectivity index (χ0n) is 15.5. The lowest BCUT2D eigenvalue weighted by atomic mass is 10.2. The van der Waals surface area contributed by atoms with E-state index in [1.807, 2.05) is 6.92 Å². The number of hydrogen-bond acceptors (Lipinski definition) is 6. The minimum Gasteiger partial charge on any atom is -0.497 e. The summed E-state index contributed by atoms with van der Waals surface area (Å²) in [6, 6.07) is 8.26. The number of ether oxygens (including phenoxy) is 1. The number of sulfone groups is 1. The first-order valence-corrected chi connectivity index (χ1v) is 12.6. The Labute approximate surface area is 164 Å². The van der Waals surface area contributed by atoms with Crippen LogP contribution < -0.4 is 4.74 Å². The molecule has 0 saturated carbocycles. The fourth-order valence-corrected chi connectivity index (χ4v) is 8.31. The van der Waals surface area contributed by atoms with Crippen LogP contribution in [0.15, 0.2) is 35.2 Å². The molecule has 0 bridgehead atoms. The first-order valence-electron chi connectivity index (χ1n) is 8.54. The number of sulfonamides is 1. The molecule has 9 heteroatoms. The average molecular weight is 430 g/mol. The van der Waals surface area contributed by atoms with Gasteiger partial charge in [0, 0.05) is 22.3 Å². The molecule has 0 amide bonds. The molecule has 1 aliphatic heterocycles. The molecule has 148 valence electrons. The lowest BCUT2D eigenvalue weighted by Gasteiger charge is -2.27. The van der Waals surface area contributed by atoms with E-state index in [9.17, 15) is 16.8 Å². The molecule has 0 radical (unpaired) electrons. The Kier molecular flexibility index (Phi) is 5.67. The summed E-state index contributed by atoms with van der Waals surface area (Å²) in [4.78, 5) is 1.89. The van der Waals surface area contributed by atoms with Crippen LogP contribution in [0.4, 0.5) is 0 Å². The van der Waals surface area contributed by atoms with Gasteiger partial charge in [-0.2, -0.15) is 4.31 Å². The van der Waals surface area contributed by atoms with Crippen LogP contribution in [-0.4, -0.2) is 45.8 Å².